The molecule has 0 aromatic heterocycles. The Kier molecular flexibility index (Phi) is 5.25. The Hall–Kier alpha value is -2.39. The number of carbonyl (C=O) groups excluding carboxylic acids is 1. The van der Waals surface area contributed by atoms with Crippen molar-refractivity contribution in [2.24, 2.45) is 0 Å². The van der Waals surface area contributed by atoms with Gasteiger partial charge in [0.25, 0.3) is 15.9 Å². The molecule has 2 aromatic carbocycles. The molecule has 0 unspecified atom stereocenters. The van der Waals surface area contributed by atoms with Crippen LogP contribution in [0.4, 0.5) is 5.69 Å². The number of para-hydroxylation sites is 1. The minimum Gasteiger partial charge on any atom is -0.337 e. The molecule has 1 N–H and O–H groups in total. The Balaban J connectivity index is 1.75. The Morgan fingerprint density at radius 2 is 1.59 bits per heavy atom. The van der Waals surface area contributed by atoms with Gasteiger partial charge in [-0.3, -0.25) is 9.52 Å². The molecule has 3 rings (SSSR count). The normalized spacial score (nSPS) is 16.7. The van der Waals surface area contributed by atoms with Gasteiger partial charge in [0, 0.05) is 18.7 Å². The molecule has 0 aliphatic carbocycles. The van der Waals surface area contributed by atoms with E-state index in [-0.39, 0.29) is 35.4 Å². The van der Waals surface area contributed by atoms with Crippen molar-refractivity contribution in [1.82, 2.24) is 4.90 Å². The van der Waals surface area contributed by atoms with Crippen molar-refractivity contribution in [1.29, 1.82) is 0 Å². The Bertz CT molecular complexity index is 1050. The maximum absolute atomic E-state index is 12.5. The van der Waals surface area contributed by atoms with Crippen LogP contribution in [-0.2, 0) is 19.9 Å². The molecule has 0 radical (unpaired) electrons. The smallest absolute Gasteiger partial charge is 0.261 e. The number of carbonyl (C=O) groups is 1. The molecular weight excluding hydrogens is 388 g/mol. The van der Waals surface area contributed by atoms with E-state index in [1.165, 1.54) is 29.2 Å². The van der Waals surface area contributed by atoms with Crippen LogP contribution in [0.5, 0.6) is 0 Å². The highest BCUT2D eigenvalue weighted by molar-refractivity contribution is 7.92. The first kappa shape index (κ1) is 19.4. The molecule has 1 fully saturated rings. The fourth-order valence-electron chi connectivity index (χ4n) is 2.77. The Morgan fingerprint density at radius 1 is 1.00 bits per heavy atom. The lowest BCUT2D eigenvalue weighted by molar-refractivity contribution is 0.0770. The maximum Gasteiger partial charge on any atom is 0.261 e. The molecule has 27 heavy (non-hydrogen) atoms. The largest absolute Gasteiger partial charge is 0.337 e. The van der Waals surface area contributed by atoms with Crippen molar-refractivity contribution in [3.63, 3.8) is 0 Å². The zero-order valence-corrected chi connectivity index (χ0v) is 16.4. The van der Waals surface area contributed by atoms with Crippen LogP contribution in [0.25, 0.3) is 0 Å². The van der Waals surface area contributed by atoms with E-state index in [0.29, 0.717) is 11.3 Å². The molecule has 9 heteroatoms. The zero-order chi connectivity index (χ0) is 19.7. The number of nitrogens with one attached hydrogen (secondary N) is 1. The SMILES string of the molecule is Cc1ccccc1NS(=O)(=O)c1ccc(C(=O)N2CCS(=O)(=O)CC2)cc1. The first-order valence-corrected chi connectivity index (χ1v) is 11.7. The van der Waals surface area contributed by atoms with E-state index >= 15 is 0 Å². The zero-order valence-electron chi connectivity index (χ0n) is 14.8. The molecule has 144 valence electrons. The fraction of sp³-hybridized carbons (Fsp3) is 0.278. The highest BCUT2D eigenvalue weighted by atomic mass is 32.2. The number of hydrogen-bond donors (Lipinski definition) is 1. The van der Waals surface area contributed by atoms with Crippen molar-refractivity contribution >= 4 is 31.5 Å². The van der Waals surface area contributed by atoms with Crippen LogP contribution in [0, 0.1) is 6.92 Å². The standard InChI is InChI=1S/C18H20N2O5S2/c1-14-4-2-3-5-17(14)19-27(24,25)16-8-6-15(7-9-16)18(21)20-10-12-26(22,23)13-11-20/h2-9,19H,10-13H2,1H3. The van der Waals surface area contributed by atoms with Crippen LogP contribution in [0.1, 0.15) is 15.9 Å². The summed E-state index contributed by atoms with van der Waals surface area (Å²) in [6, 6.07) is 12.7. The summed E-state index contributed by atoms with van der Waals surface area (Å²) in [4.78, 5) is 14.0. The summed E-state index contributed by atoms with van der Waals surface area (Å²) in [6.07, 6.45) is 0. The van der Waals surface area contributed by atoms with Gasteiger partial charge in [-0.05, 0) is 42.8 Å². The van der Waals surface area contributed by atoms with Gasteiger partial charge in [-0.1, -0.05) is 18.2 Å². The van der Waals surface area contributed by atoms with Crippen LogP contribution >= 0.6 is 0 Å². The van der Waals surface area contributed by atoms with Crippen LogP contribution in [-0.4, -0.2) is 52.2 Å². The van der Waals surface area contributed by atoms with Gasteiger partial charge in [-0.25, -0.2) is 16.8 Å². The second-order valence-electron chi connectivity index (χ2n) is 6.39. The number of sulfonamides is 1. The van der Waals surface area contributed by atoms with Crippen LogP contribution in [0.3, 0.4) is 0 Å². The van der Waals surface area contributed by atoms with Gasteiger partial charge in [0.05, 0.1) is 22.1 Å². The average Bonchev–Trinajstić information content (AvgIpc) is 2.63. The number of nitrogens with zero attached hydrogens (tertiary/aromatic N) is 1. The number of benzene rings is 2. The lowest BCUT2D eigenvalue weighted by atomic mass is 10.2. The molecule has 1 amide bonds. The monoisotopic (exact) mass is 408 g/mol. The summed E-state index contributed by atoms with van der Waals surface area (Å²) < 4.78 is 50.5. The van der Waals surface area contributed by atoms with Crippen molar-refractivity contribution < 1.29 is 21.6 Å². The molecule has 0 saturated carbocycles. The number of hydrogen-bond acceptors (Lipinski definition) is 5. The molecule has 1 aliphatic rings. The summed E-state index contributed by atoms with van der Waals surface area (Å²) in [7, 11) is -6.85. The average molecular weight is 409 g/mol. The third kappa shape index (κ3) is 4.48. The van der Waals surface area contributed by atoms with Crippen LogP contribution in [0.15, 0.2) is 53.4 Å². The van der Waals surface area contributed by atoms with Gasteiger partial charge in [-0.2, -0.15) is 0 Å². The van der Waals surface area contributed by atoms with Crippen molar-refractivity contribution in [3.8, 4) is 0 Å². The van der Waals surface area contributed by atoms with Gasteiger partial charge < -0.3 is 4.90 Å². The van der Waals surface area contributed by atoms with Crippen molar-refractivity contribution in [2.75, 3.05) is 29.3 Å². The molecule has 2 aromatic rings. The summed E-state index contributed by atoms with van der Waals surface area (Å²) in [5.74, 6) is -0.405. The van der Waals surface area contributed by atoms with Crippen molar-refractivity contribution in [2.45, 2.75) is 11.8 Å². The number of sulfone groups is 1. The first-order valence-electron chi connectivity index (χ1n) is 8.36. The maximum atomic E-state index is 12.5. The fourth-order valence-corrected chi connectivity index (χ4v) is 5.10. The molecule has 0 bridgehead atoms. The van der Waals surface area contributed by atoms with E-state index in [1.54, 1.807) is 25.1 Å². The molecule has 1 aliphatic heterocycles. The lowest BCUT2D eigenvalue weighted by Gasteiger charge is -2.26. The molecule has 1 saturated heterocycles. The second kappa shape index (κ2) is 7.32. The topological polar surface area (TPSA) is 101 Å². The van der Waals surface area contributed by atoms with E-state index in [9.17, 15) is 21.6 Å². The summed E-state index contributed by atoms with van der Waals surface area (Å²) in [6.45, 7) is 2.10. The first-order chi connectivity index (χ1) is 12.7. The van der Waals surface area contributed by atoms with Gasteiger partial charge in [-0.15, -0.1) is 0 Å². The third-order valence-corrected chi connectivity index (χ3v) is 7.42. The van der Waals surface area contributed by atoms with Gasteiger partial charge in [0.1, 0.15) is 0 Å². The molecule has 0 atom stereocenters. The third-order valence-electron chi connectivity index (χ3n) is 4.43. The minimum absolute atomic E-state index is 0.0449. The van der Waals surface area contributed by atoms with Gasteiger partial charge in [0.2, 0.25) is 0 Å². The summed E-state index contributed by atoms with van der Waals surface area (Å²) in [5, 5.41) is 0. The predicted molar refractivity (Wildman–Crippen MR) is 103 cm³/mol. The Morgan fingerprint density at radius 3 is 2.19 bits per heavy atom. The highest BCUT2D eigenvalue weighted by Gasteiger charge is 2.26. The minimum atomic E-state index is -3.77. The van der Waals surface area contributed by atoms with Gasteiger partial charge >= 0.3 is 0 Å². The van der Waals surface area contributed by atoms with E-state index in [2.05, 4.69) is 4.72 Å². The second-order valence-corrected chi connectivity index (χ2v) is 10.4. The van der Waals surface area contributed by atoms with E-state index in [4.69, 9.17) is 0 Å². The quantitative estimate of drug-likeness (QED) is 0.829. The number of anilines is 1. The lowest BCUT2D eigenvalue weighted by Crippen LogP contribution is -2.43. The Labute approximate surface area is 159 Å². The molecule has 1 heterocycles. The molecule has 7 nitrogen and oxygen atoms in total. The van der Waals surface area contributed by atoms with Crippen LogP contribution in [0.2, 0.25) is 0 Å². The predicted octanol–water partition coefficient (Wildman–Crippen LogP) is 1.67. The number of rotatable bonds is 4. The summed E-state index contributed by atoms with van der Waals surface area (Å²) >= 11 is 0. The van der Waals surface area contributed by atoms with Gasteiger partial charge in [0.15, 0.2) is 9.84 Å². The number of amides is 1. The summed E-state index contributed by atoms with van der Waals surface area (Å²) in [5.41, 5.74) is 1.62. The van der Waals surface area contributed by atoms with Crippen molar-refractivity contribution in [3.05, 3.63) is 59.7 Å². The molecule has 0 spiro atoms. The highest BCUT2D eigenvalue weighted by Crippen LogP contribution is 2.20. The van der Waals surface area contributed by atoms with E-state index in [1.807, 2.05) is 6.07 Å². The molecular formula is C18H20N2O5S2. The van der Waals surface area contributed by atoms with E-state index < -0.39 is 19.9 Å². The number of aryl methyl sites for hydroxylation is 1. The van der Waals surface area contributed by atoms with E-state index in [0.717, 1.165) is 5.56 Å². The van der Waals surface area contributed by atoms with Crippen LogP contribution < -0.4 is 4.72 Å².